The van der Waals surface area contributed by atoms with Crippen LogP contribution in [0.15, 0.2) is 12.1 Å². The summed E-state index contributed by atoms with van der Waals surface area (Å²) in [5.41, 5.74) is 6.86. The molecule has 5 heteroatoms. The number of anilines is 2. The van der Waals surface area contributed by atoms with Crippen LogP contribution in [-0.2, 0) is 0 Å². The Morgan fingerprint density at radius 3 is 2.50 bits per heavy atom. The Balaban J connectivity index is 2.83. The summed E-state index contributed by atoms with van der Waals surface area (Å²) in [5, 5.41) is 3.37. The van der Waals surface area contributed by atoms with Gasteiger partial charge >= 0.3 is 0 Å². The van der Waals surface area contributed by atoms with E-state index in [-0.39, 0.29) is 9.77 Å². The number of rotatable bonds is 6. The molecule has 1 rings (SSSR count). The topological polar surface area (TPSA) is 38.0 Å². The monoisotopic (exact) mass is 290 g/mol. The van der Waals surface area contributed by atoms with Gasteiger partial charge in [-0.05, 0) is 25.2 Å². The molecule has 3 N–H and O–H groups in total. The van der Waals surface area contributed by atoms with E-state index in [1.54, 1.807) is 6.07 Å². The van der Waals surface area contributed by atoms with Gasteiger partial charge in [-0.3, -0.25) is 0 Å². The molecule has 0 bridgehead atoms. The van der Waals surface area contributed by atoms with E-state index in [4.69, 9.17) is 17.3 Å². The summed E-state index contributed by atoms with van der Waals surface area (Å²) in [7, 11) is 0. The highest BCUT2D eigenvalue weighted by atomic mass is 35.5. The summed E-state index contributed by atoms with van der Waals surface area (Å²) in [6.07, 6.45) is 4.23. The molecule has 0 radical (unpaired) electrons. The number of halogens is 2. The normalized spacial score (nSPS) is 11.6. The van der Waals surface area contributed by atoms with Crippen LogP contribution >= 0.6 is 23.4 Å². The maximum atomic E-state index is 13.2. The molecule has 1 aromatic rings. The van der Waals surface area contributed by atoms with Gasteiger partial charge < -0.3 is 11.1 Å². The molecule has 0 fully saturated rings. The van der Waals surface area contributed by atoms with E-state index in [2.05, 4.69) is 25.4 Å². The molecule has 0 aliphatic rings. The van der Waals surface area contributed by atoms with E-state index < -0.39 is 5.82 Å². The van der Waals surface area contributed by atoms with Crippen LogP contribution in [0.1, 0.15) is 26.7 Å². The van der Waals surface area contributed by atoms with Crippen molar-refractivity contribution >= 4 is 34.7 Å². The van der Waals surface area contributed by atoms with Gasteiger partial charge in [0.05, 0.1) is 16.4 Å². The fourth-order valence-corrected chi connectivity index (χ4v) is 2.79. The number of nitrogens with two attached hydrogens (primary N) is 1. The summed E-state index contributed by atoms with van der Waals surface area (Å²) in [6, 6.07) is 2.80. The Kier molecular flexibility index (Phi) is 5.60. The second kappa shape index (κ2) is 6.53. The van der Waals surface area contributed by atoms with Crippen molar-refractivity contribution in [2.24, 2.45) is 0 Å². The van der Waals surface area contributed by atoms with Gasteiger partial charge in [0.25, 0.3) is 0 Å². The summed E-state index contributed by atoms with van der Waals surface area (Å²) in [6.45, 7) is 5.12. The van der Waals surface area contributed by atoms with Crippen molar-refractivity contribution in [2.45, 2.75) is 31.4 Å². The molecular weight excluding hydrogens is 271 g/mol. The maximum Gasteiger partial charge on any atom is 0.143 e. The molecule has 0 unspecified atom stereocenters. The Bertz CT molecular complexity index is 400. The molecule has 0 aliphatic heterocycles. The van der Waals surface area contributed by atoms with Crippen LogP contribution in [0, 0.1) is 5.82 Å². The van der Waals surface area contributed by atoms with Gasteiger partial charge in [-0.1, -0.05) is 25.4 Å². The van der Waals surface area contributed by atoms with E-state index in [1.165, 1.54) is 6.07 Å². The number of nitrogens with one attached hydrogen (secondary N) is 1. The first-order chi connectivity index (χ1) is 8.48. The van der Waals surface area contributed by atoms with E-state index in [9.17, 15) is 4.39 Å². The molecule has 2 nitrogen and oxygen atoms in total. The predicted molar refractivity (Wildman–Crippen MR) is 81.1 cm³/mol. The van der Waals surface area contributed by atoms with Gasteiger partial charge in [-0.15, -0.1) is 0 Å². The molecule has 102 valence electrons. The van der Waals surface area contributed by atoms with Crippen LogP contribution in [-0.4, -0.2) is 17.5 Å². The van der Waals surface area contributed by atoms with Crippen molar-refractivity contribution in [2.75, 3.05) is 23.9 Å². The van der Waals surface area contributed by atoms with Crippen molar-refractivity contribution in [3.63, 3.8) is 0 Å². The van der Waals surface area contributed by atoms with E-state index >= 15 is 0 Å². The lowest BCUT2D eigenvalue weighted by Gasteiger charge is -2.30. The fourth-order valence-electron chi connectivity index (χ4n) is 1.83. The third-order valence-corrected chi connectivity index (χ3v) is 5.29. The average molecular weight is 291 g/mol. The van der Waals surface area contributed by atoms with E-state index in [0.29, 0.717) is 11.4 Å². The Hall–Kier alpha value is -0.610. The van der Waals surface area contributed by atoms with Gasteiger partial charge in [0.2, 0.25) is 0 Å². The lowest BCUT2D eigenvalue weighted by atomic mass is 10.0. The zero-order valence-electron chi connectivity index (χ0n) is 11.0. The van der Waals surface area contributed by atoms with Crippen molar-refractivity contribution < 1.29 is 4.39 Å². The van der Waals surface area contributed by atoms with E-state index in [0.717, 1.165) is 19.4 Å². The number of nitrogen functional groups attached to an aromatic ring is 1. The van der Waals surface area contributed by atoms with Gasteiger partial charge in [0, 0.05) is 17.4 Å². The summed E-state index contributed by atoms with van der Waals surface area (Å²) in [5.74, 6) is -0.484. The fraction of sp³-hybridized carbons (Fsp3) is 0.538. The van der Waals surface area contributed by atoms with Crippen LogP contribution in [0.25, 0.3) is 0 Å². The lowest BCUT2D eigenvalue weighted by molar-refractivity contribution is 0.574. The highest BCUT2D eigenvalue weighted by Crippen LogP contribution is 2.32. The molecule has 0 saturated carbocycles. The van der Waals surface area contributed by atoms with Crippen molar-refractivity contribution in [1.29, 1.82) is 0 Å². The van der Waals surface area contributed by atoms with Gasteiger partial charge in [0.1, 0.15) is 5.82 Å². The summed E-state index contributed by atoms with van der Waals surface area (Å²) in [4.78, 5) is 0. The molecule has 1 aromatic carbocycles. The lowest BCUT2D eigenvalue weighted by Crippen LogP contribution is -2.32. The molecule has 18 heavy (non-hydrogen) atoms. The second-order valence-electron chi connectivity index (χ2n) is 4.30. The largest absolute Gasteiger partial charge is 0.397 e. The van der Waals surface area contributed by atoms with Crippen LogP contribution in [0.4, 0.5) is 15.8 Å². The highest BCUT2D eigenvalue weighted by molar-refractivity contribution is 8.00. The molecule has 0 heterocycles. The quantitative estimate of drug-likeness (QED) is 0.763. The number of benzene rings is 1. The third-order valence-electron chi connectivity index (χ3n) is 3.42. The SMILES string of the molecule is CCC(CC)(CNc1cc(Cl)c(F)cc1N)SC. The molecule has 0 atom stereocenters. The number of hydrogen-bond donors (Lipinski definition) is 2. The molecule has 0 spiro atoms. The van der Waals surface area contributed by atoms with Crippen LogP contribution in [0.5, 0.6) is 0 Å². The second-order valence-corrected chi connectivity index (χ2v) is 5.98. The van der Waals surface area contributed by atoms with Crippen LogP contribution in [0.3, 0.4) is 0 Å². The molecule has 0 amide bonds. The Morgan fingerprint density at radius 1 is 1.39 bits per heavy atom. The Morgan fingerprint density at radius 2 is 2.00 bits per heavy atom. The predicted octanol–water partition coefficient (Wildman–Crippen LogP) is 4.40. The number of thioether (sulfide) groups is 1. The Labute approximate surface area is 117 Å². The zero-order valence-corrected chi connectivity index (χ0v) is 12.6. The maximum absolute atomic E-state index is 13.2. The first-order valence-corrected chi connectivity index (χ1v) is 7.61. The zero-order chi connectivity index (χ0) is 13.8. The first-order valence-electron chi connectivity index (χ1n) is 6.01. The molecule has 0 aliphatic carbocycles. The minimum atomic E-state index is -0.484. The van der Waals surface area contributed by atoms with Crippen LogP contribution in [0.2, 0.25) is 5.02 Å². The third kappa shape index (κ3) is 3.45. The molecule has 0 saturated heterocycles. The standard InChI is InChI=1S/C13H20ClFN2S/c1-4-13(5-2,18-3)8-17-12-6-9(14)10(15)7-11(12)16/h6-7,17H,4-5,8,16H2,1-3H3. The minimum Gasteiger partial charge on any atom is -0.397 e. The van der Waals surface area contributed by atoms with Crippen LogP contribution < -0.4 is 11.1 Å². The van der Waals surface area contributed by atoms with Gasteiger partial charge in [-0.2, -0.15) is 11.8 Å². The average Bonchev–Trinajstić information content (AvgIpc) is 2.37. The highest BCUT2D eigenvalue weighted by Gasteiger charge is 2.24. The van der Waals surface area contributed by atoms with Gasteiger partial charge in [-0.25, -0.2) is 4.39 Å². The van der Waals surface area contributed by atoms with Crippen molar-refractivity contribution in [3.8, 4) is 0 Å². The van der Waals surface area contributed by atoms with Crippen molar-refractivity contribution in [3.05, 3.63) is 23.0 Å². The van der Waals surface area contributed by atoms with Gasteiger partial charge in [0.15, 0.2) is 0 Å². The summed E-state index contributed by atoms with van der Waals surface area (Å²) >= 11 is 7.60. The molecule has 0 aromatic heterocycles. The molecular formula is C13H20ClFN2S. The number of hydrogen-bond acceptors (Lipinski definition) is 3. The van der Waals surface area contributed by atoms with Crippen molar-refractivity contribution in [1.82, 2.24) is 0 Å². The first kappa shape index (κ1) is 15.4. The van der Waals surface area contributed by atoms with E-state index in [1.807, 2.05) is 11.8 Å². The summed E-state index contributed by atoms with van der Waals surface area (Å²) < 4.78 is 13.4. The minimum absolute atomic E-state index is 0.0921. The smallest absolute Gasteiger partial charge is 0.143 e.